The van der Waals surface area contributed by atoms with Gasteiger partial charge < -0.3 is 4.90 Å². The highest BCUT2D eigenvalue weighted by atomic mass is 32.2. The smallest absolute Gasteiger partial charge is 0.310 e. The first kappa shape index (κ1) is 22.7. The largest absolute Gasteiger partial charge is 0.501 e. The van der Waals surface area contributed by atoms with Gasteiger partial charge in [0.25, 0.3) is 15.7 Å². The van der Waals surface area contributed by atoms with E-state index in [1.54, 1.807) is 12.3 Å². The molecule has 0 N–H and O–H groups in total. The molecule has 1 fully saturated rings. The van der Waals surface area contributed by atoms with Gasteiger partial charge in [0.05, 0.1) is 10.6 Å². The van der Waals surface area contributed by atoms with Gasteiger partial charge in [-0.1, -0.05) is 20.8 Å². The topological polar surface area (TPSA) is 87.7 Å². The van der Waals surface area contributed by atoms with Gasteiger partial charge in [-0.05, 0) is 42.0 Å². The normalized spacial score (nSPS) is 15.7. The molecule has 0 radical (unpaired) electrons. The number of pyridine rings is 1. The monoisotopic (exact) mass is 455 g/mol. The van der Waals surface area contributed by atoms with Crippen molar-refractivity contribution in [1.82, 2.24) is 9.88 Å². The fourth-order valence-corrected chi connectivity index (χ4v) is 3.80. The second kappa shape index (κ2) is 7.63. The molecule has 0 saturated carbocycles. The van der Waals surface area contributed by atoms with Crippen LogP contribution in [0.15, 0.2) is 47.5 Å². The molecule has 1 aromatic heterocycles. The summed E-state index contributed by atoms with van der Waals surface area (Å²) in [5.41, 5.74) is -4.06. The van der Waals surface area contributed by atoms with Crippen LogP contribution < -0.4 is 4.90 Å². The Balaban J connectivity index is 1.81. The third-order valence-electron chi connectivity index (χ3n) is 4.71. The summed E-state index contributed by atoms with van der Waals surface area (Å²) in [6.07, 6.45) is 1.62. The van der Waals surface area contributed by atoms with Crippen LogP contribution in [-0.4, -0.2) is 42.3 Å². The lowest BCUT2D eigenvalue weighted by Crippen LogP contribution is -2.33. The zero-order valence-electron chi connectivity index (χ0n) is 17.0. The van der Waals surface area contributed by atoms with Crippen molar-refractivity contribution >= 4 is 27.5 Å². The van der Waals surface area contributed by atoms with Crippen LogP contribution in [0, 0.1) is 0 Å². The number of halogens is 3. The molecule has 2 aromatic rings. The molecular formula is C20H20F3N3O4S. The minimum atomic E-state index is -5.52. The van der Waals surface area contributed by atoms with E-state index in [2.05, 4.69) is 4.98 Å². The van der Waals surface area contributed by atoms with E-state index in [0.29, 0.717) is 0 Å². The van der Waals surface area contributed by atoms with E-state index in [1.165, 1.54) is 4.90 Å². The van der Waals surface area contributed by atoms with Crippen molar-refractivity contribution in [2.75, 3.05) is 11.4 Å². The number of aromatic nitrogens is 1. The standard InChI is InChI=1S/C20H20F3N3O4S/c1-19(2,3)16-10-13(8-9-24-16)11-25-12-17(27)26(18(25)28)14-4-6-15(7-5-14)31(29,30)20(21,22)23/h4-10H,11-12H2,1-3H3. The summed E-state index contributed by atoms with van der Waals surface area (Å²) in [5, 5.41) is 0. The predicted octanol–water partition coefficient (Wildman–Crippen LogP) is 3.64. The molecule has 1 aliphatic heterocycles. The Morgan fingerprint density at radius 1 is 1.03 bits per heavy atom. The van der Waals surface area contributed by atoms with Crippen LogP contribution in [0.1, 0.15) is 32.0 Å². The molecule has 0 atom stereocenters. The van der Waals surface area contributed by atoms with Crippen molar-refractivity contribution in [2.24, 2.45) is 0 Å². The number of rotatable bonds is 4. The number of hydrogen-bond donors (Lipinski definition) is 0. The maximum atomic E-state index is 12.8. The maximum Gasteiger partial charge on any atom is 0.501 e. The molecule has 0 spiro atoms. The third-order valence-corrected chi connectivity index (χ3v) is 6.22. The number of sulfone groups is 1. The SMILES string of the molecule is CC(C)(C)c1cc(CN2CC(=O)N(c3ccc(S(=O)(=O)C(F)(F)F)cc3)C2=O)ccn1. The lowest BCUT2D eigenvalue weighted by atomic mass is 9.91. The van der Waals surface area contributed by atoms with Gasteiger partial charge in [0.15, 0.2) is 0 Å². The lowest BCUT2D eigenvalue weighted by Gasteiger charge is -2.20. The second-order valence-corrected chi connectivity index (χ2v) is 10.1. The van der Waals surface area contributed by atoms with Gasteiger partial charge in [-0.25, -0.2) is 18.1 Å². The fraction of sp³-hybridized carbons (Fsp3) is 0.350. The number of anilines is 1. The van der Waals surface area contributed by atoms with E-state index in [9.17, 15) is 31.2 Å². The molecule has 1 aliphatic rings. The number of carbonyl (C=O) groups is 2. The average Bonchev–Trinajstić information content (AvgIpc) is 2.94. The van der Waals surface area contributed by atoms with Crippen LogP contribution in [0.25, 0.3) is 0 Å². The molecule has 2 heterocycles. The molecule has 11 heteroatoms. The number of hydrogen-bond acceptors (Lipinski definition) is 5. The van der Waals surface area contributed by atoms with E-state index < -0.39 is 32.2 Å². The summed E-state index contributed by atoms with van der Waals surface area (Å²) in [4.78, 5) is 30.6. The summed E-state index contributed by atoms with van der Waals surface area (Å²) in [6, 6.07) is 6.37. The summed E-state index contributed by atoms with van der Waals surface area (Å²) >= 11 is 0. The highest BCUT2D eigenvalue weighted by Crippen LogP contribution is 2.32. The van der Waals surface area contributed by atoms with Crippen molar-refractivity contribution in [3.8, 4) is 0 Å². The highest BCUT2D eigenvalue weighted by Gasteiger charge is 2.47. The molecule has 7 nitrogen and oxygen atoms in total. The molecule has 0 aliphatic carbocycles. The van der Waals surface area contributed by atoms with Crippen LogP contribution in [0.3, 0.4) is 0 Å². The molecule has 0 unspecified atom stereocenters. The number of imide groups is 1. The average molecular weight is 455 g/mol. The van der Waals surface area contributed by atoms with Crippen molar-refractivity contribution in [3.05, 3.63) is 53.9 Å². The number of alkyl halides is 3. The second-order valence-electron chi connectivity index (χ2n) is 8.11. The van der Waals surface area contributed by atoms with E-state index in [-0.39, 0.29) is 24.2 Å². The summed E-state index contributed by atoms with van der Waals surface area (Å²) in [6.45, 7) is 5.91. The summed E-state index contributed by atoms with van der Waals surface area (Å²) < 4.78 is 61.0. The minimum Gasteiger partial charge on any atom is -0.310 e. The number of carbonyl (C=O) groups excluding carboxylic acids is 2. The quantitative estimate of drug-likeness (QED) is 0.657. The van der Waals surface area contributed by atoms with Crippen molar-refractivity contribution < 1.29 is 31.2 Å². The Morgan fingerprint density at radius 2 is 1.65 bits per heavy atom. The van der Waals surface area contributed by atoms with E-state index in [0.717, 1.165) is 40.4 Å². The van der Waals surface area contributed by atoms with Gasteiger partial charge in [-0.3, -0.25) is 9.78 Å². The van der Waals surface area contributed by atoms with Gasteiger partial charge in [-0.2, -0.15) is 13.2 Å². The van der Waals surface area contributed by atoms with Crippen molar-refractivity contribution in [1.29, 1.82) is 0 Å². The molecule has 1 aromatic carbocycles. The van der Waals surface area contributed by atoms with Crippen LogP contribution >= 0.6 is 0 Å². The highest BCUT2D eigenvalue weighted by molar-refractivity contribution is 7.92. The Hall–Kier alpha value is -2.95. The van der Waals surface area contributed by atoms with E-state index in [1.807, 2.05) is 26.8 Å². The molecule has 31 heavy (non-hydrogen) atoms. The Kier molecular flexibility index (Phi) is 5.59. The van der Waals surface area contributed by atoms with Crippen LogP contribution in [0.5, 0.6) is 0 Å². The van der Waals surface area contributed by atoms with Gasteiger partial charge >= 0.3 is 11.5 Å². The molecular weight excluding hydrogens is 435 g/mol. The first-order chi connectivity index (χ1) is 14.2. The van der Waals surface area contributed by atoms with Gasteiger partial charge in [-0.15, -0.1) is 0 Å². The maximum absolute atomic E-state index is 12.8. The molecule has 166 valence electrons. The number of benzene rings is 1. The summed E-state index contributed by atoms with van der Waals surface area (Å²) in [7, 11) is -5.52. The molecule has 1 saturated heterocycles. The fourth-order valence-electron chi connectivity index (χ4n) is 3.04. The number of amides is 3. The Bertz CT molecular complexity index is 1120. The van der Waals surface area contributed by atoms with E-state index >= 15 is 0 Å². The zero-order valence-corrected chi connectivity index (χ0v) is 17.8. The first-order valence-electron chi connectivity index (χ1n) is 9.20. The van der Waals surface area contributed by atoms with Crippen LogP contribution in [-0.2, 0) is 26.6 Å². The van der Waals surface area contributed by atoms with E-state index in [4.69, 9.17) is 0 Å². The molecule has 3 amide bonds. The lowest BCUT2D eigenvalue weighted by molar-refractivity contribution is -0.116. The third kappa shape index (κ3) is 4.41. The number of urea groups is 1. The Morgan fingerprint density at radius 3 is 2.19 bits per heavy atom. The Labute approximate surface area is 177 Å². The van der Waals surface area contributed by atoms with Crippen molar-refractivity contribution in [2.45, 2.75) is 43.1 Å². The minimum absolute atomic E-state index is 0.0104. The van der Waals surface area contributed by atoms with Crippen LogP contribution in [0.2, 0.25) is 0 Å². The number of nitrogens with zero attached hydrogens (tertiary/aromatic N) is 3. The van der Waals surface area contributed by atoms with Crippen LogP contribution in [0.4, 0.5) is 23.7 Å². The van der Waals surface area contributed by atoms with Crippen molar-refractivity contribution in [3.63, 3.8) is 0 Å². The zero-order chi connectivity index (χ0) is 23.2. The van der Waals surface area contributed by atoms with Gasteiger partial charge in [0.2, 0.25) is 0 Å². The predicted molar refractivity (Wildman–Crippen MR) is 106 cm³/mol. The van der Waals surface area contributed by atoms with Gasteiger partial charge in [0, 0.05) is 23.9 Å². The molecule has 0 bridgehead atoms. The summed E-state index contributed by atoms with van der Waals surface area (Å²) in [5.74, 6) is -0.568. The van der Waals surface area contributed by atoms with Gasteiger partial charge in [0.1, 0.15) is 6.54 Å². The molecule has 3 rings (SSSR count). The first-order valence-corrected chi connectivity index (χ1v) is 10.7.